The number of rotatable bonds is 4. The zero-order valence-corrected chi connectivity index (χ0v) is 42.1. The molecule has 0 aromatic heterocycles. The molecule has 0 amide bonds. The summed E-state index contributed by atoms with van der Waals surface area (Å²) in [6, 6.07) is 26.1. The Balaban J connectivity index is 0.000000139. The molecule has 0 heterocycles. The number of halogens is 6. The van der Waals surface area contributed by atoms with Crippen LogP contribution in [0.25, 0.3) is 0 Å². The number of hydrogen-bond donors (Lipinski definition) is 5. The molecule has 0 aliphatic heterocycles. The van der Waals surface area contributed by atoms with Crippen LogP contribution >= 0.6 is 0 Å². The van der Waals surface area contributed by atoms with Crippen LogP contribution in [0.2, 0.25) is 0 Å². The van der Waals surface area contributed by atoms with Gasteiger partial charge in [-0.25, -0.2) is 0 Å². The average Bonchev–Trinajstić information content (AvgIpc) is 3.73. The summed E-state index contributed by atoms with van der Waals surface area (Å²) in [6.07, 6.45) is 18.6. The van der Waals surface area contributed by atoms with Crippen LogP contribution in [0.15, 0.2) is 83.9 Å². The average molecular weight is 1140 g/mol. The van der Waals surface area contributed by atoms with Gasteiger partial charge < -0.3 is 26.2 Å². The predicted octanol–water partition coefficient (Wildman–Crippen LogP) is 12.2. The van der Waals surface area contributed by atoms with Crippen molar-refractivity contribution in [3.05, 3.63) is 129 Å². The Bertz CT molecular complexity index is 2320. The molecule has 8 fully saturated rings. The van der Waals surface area contributed by atoms with Gasteiger partial charge in [0.2, 0.25) is 0 Å². The van der Waals surface area contributed by atoms with E-state index in [9.17, 15) is 37.7 Å². The Hall–Kier alpha value is -2.83. The molecule has 10 aliphatic rings. The molecule has 0 saturated heterocycles. The van der Waals surface area contributed by atoms with Crippen LogP contribution in [0.3, 0.4) is 0 Å². The van der Waals surface area contributed by atoms with Gasteiger partial charge in [-0.15, -0.1) is 0 Å². The minimum atomic E-state index is -7.10. The Labute approximate surface area is 408 Å². The van der Waals surface area contributed by atoms with Crippen LogP contribution in [-0.4, -0.2) is 60.0 Å². The van der Waals surface area contributed by atoms with Crippen LogP contribution in [-0.2, 0) is 44.5 Å². The van der Waals surface area contributed by atoms with E-state index in [2.05, 4.69) is 38.1 Å². The van der Waals surface area contributed by atoms with Gasteiger partial charge in [0.1, 0.15) is 17.5 Å². The molecule has 6 N–H and O–H groups in total. The van der Waals surface area contributed by atoms with Gasteiger partial charge >= 0.3 is 59.3 Å². The molecule has 1 radical (unpaired) electrons. The summed E-state index contributed by atoms with van der Waals surface area (Å²) in [5.74, 6) is 6.33. The predicted molar refractivity (Wildman–Crippen MR) is 247 cm³/mol. The van der Waals surface area contributed by atoms with Crippen molar-refractivity contribution < 1.29 is 58.6 Å². The number of aromatic hydroxyl groups is 2. The second kappa shape index (κ2) is 20.9. The molecular formula is C53H64AgF6N2O4Sb. The van der Waals surface area contributed by atoms with Crippen LogP contribution in [0.4, 0.5) is 17.3 Å². The first-order valence-corrected chi connectivity index (χ1v) is 28.8. The molecule has 14 rings (SSSR count). The molecular weight excluding hydrogens is 1070 g/mol. The molecule has 368 valence electrons. The van der Waals surface area contributed by atoms with E-state index in [0.29, 0.717) is 29.8 Å². The third-order valence-electron chi connectivity index (χ3n) is 16.5. The number of nitrogens with zero attached hydrogens (tertiary/aromatic N) is 1. The monoisotopic (exact) mass is 1130 g/mol. The van der Waals surface area contributed by atoms with E-state index in [1.54, 1.807) is 0 Å². The Morgan fingerprint density at radius 2 is 1.03 bits per heavy atom. The number of aryl methyl sites for hydroxylation is 2. The first-order chi connectivity index (χ1) is 31.9. The number of benzene rings is 4. The molecule has 14 heteroatoms. The third kappa shape index (κ3) is 11.5. The standard InChI is InChI=1S/C27H31NO2.C17H22O.C9H11NO.Ag.6FH.Sb/c1-16-6-21(15-28-25-22-5-3-2-4-20(22)11-24(25)29)26(30)23(7-16)27-12-17-8-18(13-27)10-19(9-17)14-27;1-11-2-3-16(18)15(4-11)17-8-12-5-13(9-17)7-14(6-12)10-17;10-9-7-4-2-1-3-6(7)5-8(9)11;;;;;;;;/h2-7,15,17-19,24-25,29-30H,8-14H2,1H3;2-4,12-14,18H,5-10H2,1H3;1-4,8-9,11H,5,10H2;;6*1H;/q;;;+2;;;;;;;+4/p-6/t17?,18?,19?,24-,25+,27?;;8-,9+;;;;;;;;/m0.0......../s1. The van der Waals surface area contributed by atoms with Crippen molar-refractivity contribution >= 4 is 27.3 Å². The zero-order valence-electron chi connectivity index (χ0n) is 38.1. The Kier molecular flexibility index (Phi) is 15.7. The Morgan fingerprint density at radius 3 is 1.52 bits per heavy atom. The molecule has 8 bridgehead atoms. The van der Waals surface area contributed by atoms with Gasteiger partial charge in [0.15, 0.2) is 0 Å². The SMILES string of the molecule is Cc1cc(C=N[C@@H]2c3ccccc3C[C@@H]2O)c(O)c(C23CC4CC(CC(C4)C2)C3)c1.Cc1ccc(O)c(C23CC4CC(CC(C4)C2)C3)c1.N[C@@H]1c2ccccc2C[C@@H]1O.[F][Ag][F].[F][Sb]([F])([F])[F]. The molecule has 0 spiro atoms. The van der Waals surface area contributed by atoms with Crippen molar-refractivity contribution in [3.63, 3.8) is 0 Å². The van der Waals surface area contributed by atoms with E-state index >= 15 is 0 Å². The van der Waals surface area contributed by atoms with E-state index < -0.39 is 48.1 Å². The fraction of sp³-hybridized carbons (Fsp3) is 0.528. The van der Waals surface area contributed by atoms with Gasteiger partial charge in [-0.3, -0.25) is 4.99 Å². The molecule has 6 nitrogen and oxygen atoms in total. The topological polar surface area (TPSA) is 119 Å². The van der Waals surface area contributed by atoms with Gasteiger partial charge in [0, 0.05) is 35.7 Å². The normalized spacial score (nSPS) is 33.4. The number of phenols is 2. The number of hydrogen-bond acceptors (Lipinski definition) is 6. The first kappa shape index (κ1) is 50.6. The van der Waals surface area contributed by atoms with Crippen LogP contribution in [0.5, 0.6) is 11.5 Å². The van der Waals surface area contributed by atoms with E-state index in [0.717, 1.165) is 57.8 Å². The molecule has 4 atom stereocenters. The molecule has 67 heavy (non-hydrogen) atoms. The number of aliphatic hydroxyl groups is 2. The summed E-state index contributed by atoms with van der Waals surface area (Å²) in [5, 5.41) is 41.6. The number of aliphatic hydroxyl groups excluding tert-OH is 2. The van der Waals surface area contributed by atoms with E-state index in [-0.39, 0.29) is 23.6 Å². The van der Waals surface area contributed by atoms with Crippen LogP contribution in [0.1, 0.15) is 139 Å². The van der Waals surface area contributed by atoms with E-state index in [4.69, 9.17) is 10.7 Å². The summed E-state index contributed by atoms with van der Waals surface area (Å²) >= 11 is -9.03. The Morgan fingerprint density at radius 1 is 0.612 bits per heavy atom. The number of nitrogens with two attached hydrogens (primary N) is 1. The third-order valence-corrected chi connectivity index (χ3v) is 16.5. The number of fused-ring (bicyclic) bond motifs is 2. The van der Waals surface area contributed by atoms with Gasteiger partial charge in [-0.1, -0.05) is 72.3 Å². The van der Waals surface area contributed by atoms with Crippen molar-refractivity contribution in [2.45, 2.75) is 139 Å². The van der Waals surface area contributed by atoms with Crippen molar-refractivity contribution in [2.75, 3.05) is 0 Å². The zero-order chi connectivity index (χ0) is 47.8. The second-order valence-corrected chi connectivity index (χ2v) is 23.7. The molecule has 4 aromatic carbocycles. The summed E-state index contributed by atoms with van der Waals surface area (Å²) in [4.78, 5) is 4.77. The fourth-order valence-corrected chi connectivity index (χ4v) is 14.8. The van der Waals surface area contributed by atoms with Crippen LogP contribution < -0.4 is 5.73 Å². The van der Waals surface area contributed by atoms with E-state index in [1.165, 1.54) is 105 Å². The molecule has 0 unspecified atom stereocenters. The number of phenolic OH excluding ortho intramolecular Hbond substituents is 2. The molecule has 8 saturated carbocycles. The van der Waals surface area contributed by atoms with Gasteiger partial charge in [-0.05, 0) is 177 Å². The van der Waals surface area contributed by atoms with E-state index in [1.807, 2.05) is 60.8 Å². The van der Waals surface area contributed by atoms with Crippen molar-refractivity contribution in [2.24, 2.45) is 46.2 Å². The van der Waals surface area contributed by atoms with Gasteiger partial charge in [-0.2, -0.15) is 0 Å². The number of aliphatic imine (C=N–C) groups is 1. The summed E-state index contributed by atoms with van der Waals surface area (Å²) in [5.41, 5.74) is 16.5. The fourth-order valence-electron chi connectivity index (χ4n) is 14.8. The maximum absolute atomic E-state index is 11.4. The summed E-state index contributed by atoms with van der Waals surface area (Å²) < 4.78 is 58.9. The van der Waals surface area contributed by atoms with Crippen LogP contribution in [0, 0.1) is 49.4 Å². The first-order valence-electron chi connectivity index (χ1n) is 23.8. The quantitative estimate of drug-likeness (QED) is 0.0792. The maximum atomic E-state index is 11.4. The van der Waals surface area contributed by atoms with Crippen molar-refractivity contribution in [1.29, 1.82) is 0 Å². The van der Waals surface area contributed by atoms with Gasteiger partial charge in [0.25, 0.3) is 0 Å². The minimum absolute atomic E-state index is 0.160. The van der Waals surface area contributed by atoms with Gasteiger partial charge in [0.05, 0.1) is 18.2 Å². The molecule has 4 aromatic rings. The summed E-state index contributed by atoms with van der Waals surface area (Å²) in [7, 11) is 0. The molecule has 10 aliphatic carbocycles. The van der Waals surface area contributed by atoms with Crippen molar-refractivity contribution in [1.82, 2.24) is 0 Å². The second-order valence-electron chi connectivity index (χ2n) is 21.3. The summed E-state index contributed by atoms with van der Waals surface area (Å²) in [6.45, 7) is 4.27. The van der Waals surface area contributed by atoms with Crippen molar-refractivity contribution in [3.8, 4) is 11.5 Å².